The molecule has 0 aromatic carbocycles. The molecule has 0 bridgehead atoms. The Morgan fingerprint density at radius 2 is 2.24 bits per heavy atom. The van der Waals surface area contributed by atoms with Crippen LogP contribution in [0.4, 0.5) is 0 Å². The van der Waals surface area contributed by atoms with Gasteiger partial charge in [-0.2, -0.15) is 0 Å². The number of aliphatic hydroxyl groups is 1. The SMILES string of the molecule is O=S(=O)(NCc1ccoc1)c1cncc(C#CCCO)c1. The first kappa shape index (κ1) is 15.3. The van der Waals surface area contributed by atoms with Crippen molar-refractivity contribution >= 4 is 10.0 Å². The van der Waals surface area contributed by atoms with Crippen molar-refractivity contribution in [2.75, 3.05) is 6.61 Å². The molecule has 0 radical (unpaired) electrons. The molecule has 0 atom stereocenters. The third-order valence-electron chi connectivity index (χ3n) is 2.54. The van der Waals surface area contributed by atoms with Crippen molar-refractivity contribution in [2.45, 2.75) is 17.9 Å². The molecule has 2 aromatic heterocycles. The Bertz CT molecular complexity index is 743. The predicted octanol–water partition coefficient (Wildman–Crippen LogP) is 0.887. The first-order chi connectivity index (χ1) is 10.1. The number of hydrogen-bond acceptors (Lipinski definition) is 5. The lowest BCUT2D eigenvalue weighted by Gasteiger charge is -2.05. The summed E-state index contributed by atoms with van der Waals surface area (Å²) in [6, 6.07) is 3.12. The molecule has 0 unspecified atom stereocenters. The maximum atomic E-state index is 12.1. The summed E-state index contributed by atoms with van der Waals surface area (Å²) in [6.07, 6.45) is 6.00. The normalized spacial score (nSPS) is 10.9. The number of hydrogen-bond donors (Lipinski definition) is 2. The van der Waals surface area contributed by atoms with E-state index in [1.54, 1.807) is 6.07 Å². The summed E-state index contributed by atoms with van der Waals surface area (Å²) in [6.45, 7) is 0.101. The van der Waals surface area contributed by atoms with E-state index in [0.29, 0.717) is 12.0 Å². The Labute approximate surface area is 122 Å². The molecule has 0 saturated carbocycles. The highest BCUT2D eigenvalue weighted by atomic mass is 32.2. The average Bonchev–Trinajstić information content (AvgIpc) is 2.99. The molecule has 110 valence electrons. The van der Waals surface area contributed by atoms with Crippen LogP contribution in [0.5, 0.6) is 0 Å². The second kappa shape index (κ2) is 7.04. The highest BCUT2D eigenvalue weighted by Gasteiger charge is 2.14. The maximum Gasteiger partial charge on any atom is 0.242 e. The zero-order valence-corrected chi connectivity index (χ0v) is 11.9. The van der Waals surface area contributed by atoms with Gasteiger partial charge in [0.2, 0.25) is 10.0 Å². The molecule has 0 saturated heterocycles. The molecule has 6 nitrogen and oxygen atoms in total. The van der Waals surface area contributed by atoms with Crippen molar-refractivity contribution in [3.8, 4) is 11.8 Å². The fraction of sp³-hybridized carbons (Fsp3) is 0.214. The molecule has 2 N–H and O–H groups in total. The number of nitrogens with one attached hydrogen (secondary N) is 1. The molecule has 2 rings (SSSR count). The van der Waals surface area contributed by atoms with Crippen LogP contribution in [0.15, 0.2) is 46.4 Å². The molecule has 21 heavy (non-hydrogen) atoms. The maximum absolute atomic E-state index is 12.1. The van der Waals surface area contributed by atoms with E-state index in [0.717, 1.165) is 5.56 Å². The number of rotatable bonds is 5. The van der Waals surface area contributed by atoms with Crippen molar-refractivity contribution in [3.63, 3.8) is 0 Å². The largest absolute Gasteiger partial charge is 0.472 e. The molecular weight excluding hydrogens is 292 g/mol. The van der Waals surface area contributed by atoms with Gasteiger partial charge >= 0.3 is 0 Å². The van der Waals surface area contributed by atoms with Gasteiger partial charge in [0.1, 0.15) is 4.90 Å². The molecule has 0 spiro atoms. The zero-order valence-electron chi connectivity index (χ0n) is 11.1. The Kier molecular flexibility index (Phi) is 5.11. The molecule has 2 heterocycles. The molecule has 0 fully saturated rings. The Morgan fingerprint density at radius 1 is 1.38 bits per heavy atom. The second-order valence-electron chi connectivity index (χ2n) is 4.14. The van der Waals surface area contributed by atoms with E-state index in [4.69, 9.17) is 9.52 Å². The van der Waals surface area contributed by atoms with E-state index >= 15 is 0 Å². The highest BCUT2D eigenvalue weighted by molar-refractivity contribution is 7.89. The fourth-order valence-corrected chi connectivity index (χ4v) is 2.51. The Morgan fingerprint density at radius 3 is 2.95 bits per heavy atom. The van der Waals surface area contributed by atoms with Crippen LogP contribution in [0.2, 0.25) is 0 Å². The van der Waals surface area contributed by atoms with Crippen LogP contribution in [0.25, 0.3) is 0 Å². The van der Waals surface area contributed by atoms with Crippen LogP contribution >= 0.6 is 0 Å². The Hall–Kier alpha value is -2.14. The third kappa shape index (κ3) is 4.43. The van der Waals surface area contributed by atoms with Crippen LogP contribution in [0, 0.1) is 11.8 Å². The lowest BCUT2D eigenvalue weighted by atomic mass is 10.3. The van der Waals surface area contributed by atoms with E-state index < -0.39 is 10.0 Å². The molecule has 0 aliphatic carbocycles. The van der Waals surface area contributed by atoms with Crippen LogP contribution < -0.4 is 4.72 Å². The minimum atomic E-state index is -3.66. The molecule has 2 aromatic rings. The number of sulfonamides is 1. The monoisotopic (exact) mass is 306 g/mol. The summed E-state index contributed by atoms with van der Waals surface area (Å²) in [4.78, 5) is 3.92. The predicted molar refractivity (Wildman–Crippen MR) is 75.6 cm³/mol. The molecule has 0 amide bonds. The van der Waals surface area contributed by atoms with E-state index in [-0.39, 0.29) is 18.0 Å². The molecule has 0 aliphatic rings. The first-order valence-electron chi connectivity index (χ1n) is 6.17. The van der Waals surface area contributed by atoms with E-state index in [1.807, 2.05) is 0 Å². The minimum Gasteiger partial charge on any atom is -0.472 e. The summed E-state index contributed by atoms with van der Waals surface area (Å²) in [5, 5.41) is 8.66. The van der Waals surface area contributed by atoms with Gasteiger partial charge in [-0.25, -0.2) is 13.1 Å². The lowest BCUT2D eigenvalue weighted by Crippen LogP contribution is -2.23. The zero-order chi connectivity index (χ0) is 15.1. The molecular formula is C14H14N2O4S. The number of aromatic nitrogens is 1. The first-order valence-corrected chi connectivity index (χ1v) is 7.65. The van der Waals surface area contributed by atoms with Crippen LogP contribution in [0.1, 0.15) is 17.5 Å². The van der Waals surface area contributed by atoms with E-state index in [1.165, 1.54) is 31.0 Å². The quantitative estimate of drug-likeness (QED) is 0.800. The lowest BCUT2D eigenvalue weighted by molar-refractivity contribution is 0.305. The summed E-state index contributed by atoms with van der Waals surface area (Å²) in [7, 11) is -3.66. The van der Waals surface area contributed by atoms with Crippen molar-refractivity contribution < 1.29 is 17.9 Å². The van der Waals surface area contributed by atoms with Crippen LogP contribution in [0.3, 0.4) is 0 Å². The minimum absolute atomic E-state index is 0.0370. The van der Waals surface area contributed by atoms with Gasteiger partial charge in [0, 0.05) is 36.5 Å². The van der Waals surface area contributed by atoms with Crippen molar-refractivity contribution in [3.05, 3.63) is 48.2 Å². The Balaban J connectivity index is 2.12. The van der Waals surface area contributed by atoms with Gasteiger partial charge in [0.25, 0.3) is 0 Å². The second-order valence-corrected chi connectivity index (χ2v) is 5.91. The number of aliphatic hydroxyl groups excluding tert-OH is 1. The van der Waals surface area contributed by atoms with Gasteiger partial charge in [0.15, 0.2) is 0 Å². The summed E-state index contributed by atoms with van der Waals surface area (Å²) >= 11 is 0. The van der Waals surface area contributed by atoms with Crippen molar-refractivity contribution in [2.24, 2.45) is 0 Å². The van der Waals surface area contributed by atoms with Crippen molar-refractivity contribution in [1.29, 1.82) is 0 Å². The number of pyridine rings is 1. The van der Waals surface area contributed by atoms with Gasteiger partial charge in [-0.3, -0.25) is 4.98 Å². The van der Waals surface area contributed by atoms with Crippen LogP contribution in [-0.2, 0) is 16.6 Å². The van der Waals surface area contributed by atoms with Crippen LogP contribution in [-0.4, -0.2) is 25.1 Å². The average molecular weight is 306 g/mol. The number of furan rings is 1. The smallest absolute Gasteiger partial charge is 0.242 e. The highest BCUT2D eigenvalue weighted by Crippen LogP contribution is 2.10. The fourth-order valence-electron chi connectivity index (χ4n) is 1.51. The van der Waals surface area contributed by atoms with Gasteiger partial charge in [-0.15, -0.1) is 0 Å². The van der Waals surface area contributed by atoms with Gasteiger partial charge in [0.05, 0.1) is 19.1 Å². The van der Waals surface area contributed by atoms with Gasteiger partial charge in [-0.05, 0) is 12.1 Å². The van der Waals surface area contributed by atoms with Crippen molar-refractivity contribution in [1.82, 2.24) is 9.71 Å². The standard InChI is InChI=1S/C14H14N2O4S/c17-5-2-1-3-12-7-14(10-15-8-12)21(18,19)16-9-13-4-6-20-11-13/h4,6-8,10-11,16-17H,2,5,9H2. The molecule has 7 heteroatoms. The van der Waals surface area contributed by atoms with Gasteiger partial charge < -0.3 is 9.52 Å². The topological polar surface area (TPSA) is 92.4 Å². The third-order valence-corrected chi connectivity index (χ3v) is 3.91. The molecule has 0 aliphatic heterocycles. The summed E-state index contributed by atoms with van der Waals surface area (Å²) < 4.78 is 31.6. The van der Waals surface area contributed by atoms with Gasteiger partial charge in [-0.1, -0.05) is 11.8 Å². The summed E-state index contributed by atoms with van der Waals surface area (Å²) in [5.74, 6) is 5.46. The summed E-state index contributed by atoms with van der Waals surface area (Å²) in [5.41, 5.74) is 1.21. The van der Waals surface area contributed by atoms with E-state index in [2.05, 4.69) is 21.5 Å². The van der Waals surface area contributed by atoms with E-state index in [9.17, 15) is 8.42 Å². The number of nitrogens with zero attached hydrogens (tertiary/aromatic N) is 1.